The predicted octanol–water partition coefficient (Wildman–Crippen LogP) is 0.842. The van der Waals surface area contributed by atoms with Gasteiger partial charge in [-0.1, -0.05) is 0 Å². The molecule has 1 fully saturated rings. The summed E-state index contributed by atoms with van der Waals surface area (Å²) < 4.78 is 1.87. The zero-order valence-electron chi connectivity index (χ0n) is 12.1. The van der Waals surface area contributed by atoms with Gasteiger partial charge < -0.3 is 11.1 Å². The molecule has 0 spiro atoms. The van der Waals surface area contributed by atoms with E-state index in [1.165, 1.54) is 0 Å². The lowest BCUT2D eigenvalue weighted by Crippen LogP contribution is -2.55. The molecule has 1 aromatic rings. The minimum Gasteiger partial charge on any atom is -0.368 e. The second-order valence-electron chi connectivity index (χ2n) is 5.82. The van der Waals surface area contributed by atoms with Crippen LogP contribution in [-0.2, 0) is 4.79 Å². The Morgan fingerprint density at radius 3 is 2.63 bits per heavy atom. The number of aromatic nitrogens is 3. The van der Waals surface area contributed by atoms with Crippen LogP contribution in [0.3, 0.4) is 0 Å². The van der Waals surface area contributed by atoms with Crippen LogP contribution in [0.2, 0.25) is 0 Å². The largest absolute Gasteiger partial charge is 0.368 e. The molecule has 0 saturated heterocycles. The van der Waals surface area contributed by atoms with Gasteiger partial charge >= 0.3 is 0 Å². The molecule has 0 radical (unpaired) electrons. The molecule has 106 valence electrons. The zero-order valence-corrected chi connectivity index (χ0v) is 12.1. The first-order valence-corrected chi connectivity index (χ1v) is 6.79. The minimum absolute atomic E-state index is 0.0740. The lowest BCUT2D eigenvalue weighted by atomic mass is 9.92. The third-order valence-electron chi connectivity index (χ3n) is 3.67. The summed E-state index contributed by atoms with van der Waals surface area (Å²) >= 11 is 0. The van der Waals surface area contributed by atoms with E-state index >= 15 is 0 Å². The molecule has 1 aliphatic carbocycles. The minimum atomic E-state index is -0.688. The maximum absolute atomic E-state index is 11.8. The Morgan fingerprint density at radius 2 is 2.21 bits per heavy atom. The molecular weight excluding hydrogens is 242 g/mol. The summed E-state index contributed by atoms with van der Waals surface area (Å²) in [7, 11) is 0. The first-order chi connectivity index (χ1) is 8.82. The van der Waals surface area contributed by atoms with Crippen molar-refractivity contribution in [2.75, 3.05) is 0 Å². The van der Waals surface area contributed by atoms with Crippen LogP contribution in [0.5, 0.6) is 0 Å². The summed E-state index contributed by atoms with van der Waals surface area (Å²) in [6.07, 6.45) is 2.86. The van der Waals surface area contributed by atoms with Crippen LogP contribution in [0, 0.1) is 13.8 Å². The molecule has 1 saturated carbocycles. The van der Waals surface area contributed by atoms with E-state index < -0.39 is 5.54 Å². The van der Waals surface area contributed by atoms with Gasteiger partial charge in [-0.15, -0.1) is 0 Å². The second-order valence-corrected chi connectivity index (χ2v) is 5.82. The number of rotatable bonds is 6. The Morgan fingerprint density at radius 1 is 1.58 bits per heavy atom. The maximum Gasteiger partial charge on any atom is 0.237 e. The summed E-state index contributed by atoms with van der Waals surface area (Å²) in [5, 5.41) is 7.73. The number of nitrogens with one attached hydrogen (secondary N) is 1. The van der Waals surface area contributed by atoms with Crippen LogP contribution in [-0.4, -0.2) is 32.3 Å². The van der Waals surface area contributed by atoms with Crippen molar-refractivity contribution in [2.45, 2.75) is 64.6 Å². The van der Waals surface area contributed by atoms with Crippen molar-refractivity contribution in [1.82, 2.24) is 20.1 Å². The molecule has 3 N–H and O–H groups in total. The van der Waals surface area contributed by atoms with E-state index in [9.17, 15) is 4.79 Å². The smallest absolute Gasteiger partial charge is 0.237 e. The van der Waals surface area contributed by atoms with Crippen LogP contribution in [0.15, 0.2) is 0 Å². The molecular formula is C13H23N5O. The number of nitrogens with two attached hydrogens (primary N) is 1. The topological polar surface area (TPSA) is 85.8 Å². The lowest BCUT2D eigenvalue weighted by molar-refractivity contribution is -0.124. The van der Waals surface area contributed by atoms with Gasteiger partial charge in [0.2, 0.25) is 5.91 Å². The zero-order chi connectivity index (χ0) is 14.2. The molecule has 19 heavy (non-hydrogen) atoms. The highest BCUT2D eigenvalue weighted by atomic mass is 16.1. The van der Waals surface area contributed by atoms with Crippen LogP contribution in [0.4, 0.5) is 0 Å². The van der Waals surface area contributed by atoms with Crippen LogP contribution in [0.1, 0.15) is 50.8 Å². The third-order valence-corrected chi connectivity index (χ3v) is 3.67. The molecule has 0 bridgehead atoms. The molecule has 1 heterocycles. The van der Waals surface area contributed by atoms with Crippen molar-refractivity contribution in [3.63, 3.8) is 0 Å². The Bertz CT molecular complexity index is 479. The lowest BCUT2D eigenvalue weighted by Gasteiger charge is -2.30. The average Bonchev–Trinajstić information content (AvgIpc) is 3.02. The summed E-state index contributed by atoms with van der Waals surface area (Å²) in [6, 6.07) is 0.508. The van der Waals surface area contributed by atoms with Gasteiger partial charge in [-0.25, -0.2) is 9.67 Å². The summed E-state index contributed by atoms with van der Waals surface area (Å²) in [5.74, 6) is 1.31. The summed E-state index contributed by atoms with van der Waals surface area (Å²) in [4.78, 5) is 16.1. The molecule has 2 rings (SSSR count). The molecule has 6 nitrogen and oxygen atoms in total. The van der Waals surface area contributed by atoms with E-state index in [4.69, 9.17) is 5.73 Å². The number of carbonyl (C=O) groups excluding carboxylic acids is 1. The number of hydrogen-bond donors (Lipinski definition) is 2. The number of primary amides is 1. The molecule has 1 aromatic heterocycles. The highest BCUT2D eigenvalue weighted by molar-refractivity contribution is 5.84. The van der Waals surface area contributed by atoms with Gasteiger partial charge in [0.1, 0.15) is 11.6 Å². The van der Waals surface area contributed by atoms with E-state index in [1.54, 1.807) is 0 Å². The quantitative estimate of drug-likeness (QED) is 0.798. The van der Waals surface area contributed by atoms with Crippen LogP contribution in [0.25, 0.3) is 0 Å². The normalized spacial score (nSPS) is 20.0. The van der Waals surface area contributed by atoms with Gasteiger partial charge in [-0.2, -0.15) is 5.10 Å². The van der Waals surface area contributed by atoms with Crippen LogP contribution >= 0.6 is 0 Å². The van der Waals surface area contributed by atoms with Gasteiger partial charge in [0.25, 0.3) is 0 Å². The van der Waals surface area contributed by atoms with Crippen LogP contribution < -0.4 is 11.1 Å². The Labute approximate surface area is 113 Å². The fourth-order valence-corrected chi connectivity index (χ4v) is 2.54. The first kappa shape index (κ1) is 14.0. The number of aryl methyl sites for hydroxylation is 2. The third kappa shape index (κ3) is 3.12. The molecule has 6 heteroatoms. The molecule has 0 aliphatic heterocycles. The van der Waals surface area contributed by atoms with Gasteiger partial charge in [0.15, 0.2) is 0 Å². The van der Waals surface area contributed by atoms with Crippen molar-refractivity contribution in [3.8, 4) is 0 Å². The van der Waals surface area contributed by atoms with Crippen molar-refractivity contribution in [2.24, 2.45) is 5.73 Å². The van der Waals surface area contributed by atoms with Crippen molar-refractivity contribution >= 4 is 5.91 Å². The Kier molecular flexibility index (Phi) is 3.62. The fourth-order valence-electron chi connectivity index (χ4n) is 2.54. The second kappa shape index (κ2) is 4.92. The van der Waals surface area contributed by atoms with Gasteiger partial charge in [0.05, 0.1) is 11.6 Å². The molecule has 1 aliphatic rings. The fraction of sp³-hybridized carbons (Fsp3) is 0.769. The SMILES string of the molecule is Cc1nc(C)n(C(C)CC(C)(NC2CC2)C(N)=O)n1. The van der Waals surface area contributed by atoms with Gasteiger partial charge in [-0.3, -0.25) is 4.79 Å². The van der Waals surface area contributed by atoms with E-state index in [2.05, 4.69) is 15.4 Å². The van der Waals surface area contributed by atoms with Crippen molar-refractivity contribution in [1.29, 1.82) is 0 Å². The highest BCUT2D eigenvalue weighted by Gasteiger charge is 2.38. The highest BCUT2D eigenvalue weighted by Crippen LogP contribution is 2.27. The standard InChI is InChI=1S/C13H23N5O/c1-8(18-10(3)15-9(2)17-18)7-13(4,12(14)19)16-11-5-6-11/h8,11,16H,5-7H2,1-4H3,(H2,14,19). The van der Waals surface area contributed by atoms with Crippen molar-refractivity contribution in [3.05, 3.63) is 11.6 Å². The van der Waals surface area contributed by atoms with Gasteiger partial charge in [0, 0.05) is 6.04 Å². The summed E-state index contributed by atoms with van der Waals surface area (Å²) in [5.41, 5.74) is 4.88. The monoisotopic (exact) mass is 265 g/mol. The molecule has 1 amide bonds. The Hall–Kier alpha value is -1.43. The predicted molar refractivity (Wildman–Crippen MR) is 72.6 cm³/mol. The maximum atomic E-state index is 11.8. The molecule has 0 aromatic carbocycles. The summed E-state index contributed by atoms with van der Waals surface area (Å²) in [6.45, 7) is 7.71. The van der Waals surface area contributed by atoms with E-state index in [1.807, 2.05) is 32.4 Å². The van der Waals surface area contributed by atoms with E-state index in [0.29, 0.717) is 12.5 Å². The van der Waals surface area contributed by atoms with E-state index in [-0.39, 0.29) is 11.9 Å². The first-order valence-electron chi connectivity index (χ1n) is 6.79. The average molecular weight is 265 g/mol. The Balaban J connectivity index is 2.12. The molecule has 2 atom stereocenters. The van der Waals surface area contributed by atoms with Gasteiger partial charge in [-0.05, 0) is 47.0 Å². The number of amides is 1. The number of hydrogen-bond acceptors (Lipinski definition) is 4. The number of carbonyl (C=O) groups is 1. The molecule has 2 unspecified atom stereocenters. The van der Waals surface area contributed by atoms with Crippen molar-refractivity contribution < 1.29 is 4.79 Å². The van der Waals surface area contributed by atoms with E-state index in [0.717, 1.165) is 24.5 Å². The number of nitrogens with zero attached hydrogens (tertiary/aromatic N) is 3.